The number of carbonyl (C=O) groups excluding carboxylic acids is 2. The number of nitrogens with zero attached hydrogens (tertiary/aromatic N) is 6. The van der Waals surface area contributed by atoms with E-state index in [9.17, 15) is 19.2 Å². The van der Waals surface area contributed by atoms with Crippen LogP contribution in [0.1, 0.15) is 52.6 Å². The molecule has 4 heterocycles. The van der Waals surface area contributed by atoms with Crippen molar-refractivity contribution >= 4 is 17.8 Å². The van der Waals surface area contributed by atoms with Crippen molar-refractivity contribution < 1.29 is 18.8 Å². The predicted octanol–water partition coefficient (Wildman–Crippen LogP) is 1.41. The average Bonchev–Trinajstić information content (AvgIpc) is 3.29. The molecule has 0 aliphatic carbocycles. The molecule has 2 aliphatic rings. The summed E-state index contributed by atoms with van der Waals surface area (Å²) in [5.41, 5.74) is 6.59. The second-order valence-corrected chi connectivity index (χ2v) is 7.81. The Labute approximate surface area is 183 Å². The standard InChI is InChI=1S/C21H22FN7O3/c1-12-14(9-23)8-15(10-25-12)17-4-7-32-29(17)20(31)13-2-5-28(6-3-13)21-26-11-16(22)18(27-21)19(24)30/h8,10-11,13,17H,2-7H2,1H3,(H2,24,30)/t17-/m0/s1. The van der Waals surface area contributed by atoms with E-state index in [1.165, 1.54) is 5.06 Å². The lowest BCUT2D eigenvalue weighted by Crippen LogP contribution is -2.42. The Balaban J connectivity index is 1.44. The number of hydroxylamine groups is 2. The molecule has 32 heavy (non-hydrogen) atoms. The van der Waals surface area contributed by atoms with Gasteiger partial charge in [-0.25, -0.2) is 19.4 Å². The van der Waals surface area contributed by atoms with Crippen LogP contribution in [0.25, 0.3) is 0 Å². The number of primary amides is 1. The number of hydrogen-bond acceptors (Lipinski definition) is 8. The molecule has 2 aromatic heterocycles. The van der Waals surface area contributed by atoms with Gasteiger partial charge in [0.2, 0.25) is 11.9 Å². The summed E-state index contributed by atoms with van der Waals surface area (Å²) in [6.07, 6.45) is 4.27. The summed E-state index contributed by atoms with van der Waals surface area (Å²) in [5, 5.41) is 10.7. The molecule has 11 heteroatoms. The molecule has 0 bridgehead atoms. The molecule has 1 atom stereocenters. The normalized spacial score (nSPS) is 19.1. The number of aryl methyl sites for hydroxylation is 1. The topological polar surface area (TPSA) is 138 Å². The summed E-state index contributed by atoms with van der Waals surface area (Å²) >= 11 is 0. The van der Waals surface area contributed by atoms with Crippen molar-refractivity contribution in [2.24, 2.45) is 11.7 Å². The van der Waals surface area contributed by atoms with E-state index in [2.05, 4.69) is 21.0 Å². The van der Waals surface area contributed by atoms with Crippen molar-refractivity contribution in [2.45, 2.75) is 32.2 Å². The third-order valence-corrected chi connectivity index (χ3v) is 5.83. The van der Waals surface area contributed by atoms with Gasteiger partial charge in [0.05, 0.1) is 30.1 Å². The molecule has 0 spiro atoms. The van der Waals surface area contributed by atoms with Gasteiger partial charge in [-0.2, -0.15) is 5.26 Å². The average molecular weight is 439 g/mol. The van der Waals surface area contributed by atoms with Crippen molar-refractivity contribution in [2.75, 3.05) is 24.6 Å². The maximum atomic E-state index is 13.6. The minimum Gasteiger partial charge on any atom is -0.364 e. The molecule has 10 nitrogen and oxygen atoms in total. The van der Waals surface area contributed by atoms with Crippen molar-refractivity contribution in [1.29, 1.82) is 5.26 Å². The SMILES string of the molecule is Cc1ncc([C@@H]2CCON2C(=O)C2CCN(c3ncc(F)c(C(N)=O)n3)CC2)cc1C#N. The maximum Gasteiger partial charge on any atom is 0.270 e. The molecule has 0 unspecified atom stereocenters. The third-order valence-electron chi connectivity index (χ3n) is 5.83. The van der Waals surface area contributed by atoms with E-state index in [1.54, 1.807) is 24.1 Å². The van der Waals surface area contributed by atoms with Crippen molar-refractivity contribution in [3.8, 4) is 6.07 Å². The number of nitriles is 1. The quantitative estimate of drug-likeness (QED) is 0.755. The smallest absolute Gasteiger partial charge is 0.270 e. The van der Waals surface area contributed by atoms with Crippen LogP contribution in [0.2, 0.25) is 0 Å². The molecular formula is C21H22FN7O3. The zero-order chi connectivity index (χ0) is 22.8. The van der Waals surface area contributed by atoms with E-state index in [0.717, 1.165) is 11.8 Å². The number of amides is 2. The van der Waals surface area contributed by atoms with E-state index < -0.39 is 17.4 Å². The third kappa shape index (κ3) is 4.09. The lowest BCUT2D eigenvalue weighted by molar-refractivity contribution is -0.182. The fourth-order valence-corrected chi connectivity index (χ4v) is 4.02. The van der Waals surface area contributed by atoms with E-state index in [4.69, 9.17) is 10.6 Å². The first kappa shape index (κ1) is 21.6. The van der Waals surface area contributed by atoms with E-state index >= 15 is 0 Å². The summed E-state index contributed by atoms with van der Waals surface area (Å²) in [6, 6.07) is 3.59. The van der Waals surface area contributed by atoms with E-state index in [-0.39, 0.29) is 23.8 Å². The highest BCUT2D eigenvalue weighted by Crippen LogP contribution is 2.34. The summed E-state index contributed by atoms with van der Waals surface area (Å²) < 4.78 is 13.6. The van der Waals surface area contributed by atoms with Crippen LogP contribution in [0.15, 0.2) is 18.5 Å². The Morgan fingerprint density at radius 1 is 1.25 bits per heavy atom. The first-order valence-electron chi connectivity index (χ1n) is 10.3. The fourth-order valence-electron chi connectivity index (χ4n) is 4.02. The highest BCUT2D eigenvalue weighted by molar-refractivity contribution is 5.91. The molecule has 0 aromatic carbocycles. The Morgan fingerprint density at radius 2 is 2.00 bits per heavy atom. The molecule has 2 aromatic rings. The van der Waals surface area contributed by atoms with Gasteiger partial charge in [-0.15, -0.1) is 0 Å². The molecular weight excluding hydrogens is 417 g/mol. The zero-order valence-corrected chi connectivity index (χ0v) is 17.5. The van der Waals surface area contributed by atoms with Gasteiger partial charge in [0.25, 0.3) is 5.91 Å². The molecule has 2 saturated heterocycles. The number of piperidine rings is 1. The number of hydrogen-bond donors (Lipinski definition) is 1. The van der Waals surface area contributed by atoms with Crippen LogP contribution >= 0.6 is 0 Å². The maximum absolute atomic E-state index is 13.6. The summed E-state index contributed by atoms with van der Waals surface area (Å²) in [4.78, 5) is 44.1. The van der Waals surface area contributed by atoms with E-state index in [1.807, 2.05) is 0 Å². The van der Waals surface area contributed by atoms with Gasteiger partial charge in [0.1, 0.15) is 6.07 Å². The molecule has 0 saturated carbocycles. The Hall–Kier alpha value is -3.65. The van der Waals surface area contributed by atoms with Gasteiger partial charge in [0, 0.05) is 31.6 Å². The summed E-state index contributed by atoms with van der Waals surface area (Å²) in [6.45, 7) is 3.10. The van der Waals surface area contributed by atoms with Crippen LogP contribution in [-0.2, 0) is 9.63 Å². The molecule has 0 radical (unpaired) electrons. The highest BCUT2D eigenvalue weighted by Gasteiger charge is 2.37. The van der Waals surface area contributed by atoms with Gasteiger partial charge in [-0.1, -0.05) is 0 Å². The van der Waals surface area contributed by atoms with Crippen molar-refractivity contribution in [3.63, 3.8) is 0 Å². The van der Waals surface area contributed by atoms with Crippen LogP contribution in [0.3, 0.4) is 0 Å². The van der Waals surface area contributed by atoms with Gasteiger partial charge < -0.3 is 10.6 Å². The highest BCUT2D eigenvalue weighted by atomic mass is 19.1. The molecule has 2 fully saturated rings. The number of pyridine rings is 1. The molecule has 2 amide bonds. The van der Waals surface area contributed by atoms with Gasteiger partial charge in [-0.3, -0.25) is 19.4 Å². The Kier molecular flexibility index (Phi) is 5.96. The summed E-state index contributed by atoms with van der Waals surface area (Å²) in [7, 11) is 0. The first-order valence-corrected chi connectivity index (χ1v) is 10.3. The van der Waals surface area contributed by atoms with Crippen LogP contribution in [-0.4, -0.2) is 51.5 Å². The van der Waals surface area contributed by atoms with Gasteiger partial charge in [-0.05, 0) is 31.4 Å². The predicted molar refractivity (Wildman–Crippen MR) is 109 cm³/mol. The van der Waals surface area contributed by atoms with Crippen LogP contribution in [0, 0.1) is 30.0 Å². The van der Waals surface area contributed by atoms with E-state index in [0.29, 0.717) is 50.2 Å². The molecule has 166 valence electrons. The van der Waals surface area contributed by atoms with Crippen LogP contribution in [0.4, 0.5) is 10.3 Å². The second-order valence-electron chi connectivity index (χ2n) is 7.81. The molecule has 2 aliphatic heterocycles. The molecule has 4 rings (SSSR count). The first-order chi connectivity index (χ1) is 15.4. The lowest BCUT2D eigenvalue weighted by atomic mass is 9.94. The second kappa shape index (κ2) is 8.84. The number of halogens is 1. The zero-order valence-electron chi connectivity index (χ0n) is 17.5. The Morgan fingerprint density at radius 3 is 2.69 bits per heavy atom. The largest absolute Gasteiger partial charge is 0.364 e. The number of anilines is 1. The fraction of sp³-hybridized carbons (Fsp3) is 0.429. The number of carbonyl (C=O) groups is 2. The number of rotatable bonds is 4. The van der Waals surface area contributed by atoms with Gasteiger partial charge in [0.15, 0.2) is 11.5 Å². The lowest BCUT2D eigenvalue weighted by Gasteiger charge is -2.34. The monoisotopic (exact) mass is 439 g/mol. The summed E-state index contributed by atoms with van der Waals surface area (Å²) in [5.74, 6) is -2.01. The minimum absolute atomic E-state index is 0.121. The van der Waals surface area contributed by atoms with Crippen molar-refractivity contribution in [3.05, 3.63) is 46.8 Å². The number of nitrogens with two attached hydrogens (primary N) is 1. The Bertz CT molecular complexity index is 1100. The minimum atomic E-state index is -0.960. The van der Waals surface area contributed by atoms with Crippen molar-refractivity contribution in [1.82, 2.24) is 20.0 Å². The van der Waals surface area contributed by atoms with Gasteiger partial charge >= 0.3 is 0 Å². The van der Waals surface area contributed by atoms with Crippen LogP contribution in [0.5, 0.6) is 0 Å². The number of aromatic nitrogens is 3. The van der Waals surface area contributed by atoms with Crippen LogP contribution < -0.4 is 10.6 Å². The molecule has 2 N–H and O–H groups in total.